The lowest BCUT2D eigenvalue weighted by molar-refractivity contribution is -0.131. The van der Waals surface area contributed by atoms with Crippen LogP contribution < -0.4 is 20.3 Å². The summed E-state index contributed by atoms with van der Waals surface area (Å²) in [6.07, 6.45) is 4.28. The summed E-state index contributed by atoms with van der Waals surface area (Å²) in [5, 5.41) is 1.05. The van der Waals surface area contributed by atoms with Crippen LogP contribution in [0.3, 0.4) is 0 Å². The number of furan rings is 1. The smallest absolute Gasteiger partial charge is 0.276 e. The number of nitrogens with one attached hydrogen (secondary N) is 2. The molecular weight excluding hydrogens is 384 g/mol. The summed E-state index contributed by atoms with van der Waals surface area (Å²) in [6.45, 7) is 1.52. The highest BCUT2D eigenvalue weighted by Gasteiger charge is 2.18. The van der Waals surface area contributed by atoms with Gasteiger partial charge < -0.3 is 13.9 Å². The Hall–Kier alpha value is -3.48. The number of amides is 2. The number of hydrogen-bond donors (Lipinski definition) is 2. The van der Waals surface area contributed by atoms with Crippen LogP contribution in [0.5, 0.6) is 11.5 Å². The van der Waals surface area contributed by atoms with E-state index in [-0.39, 0.29) is 13.2 Å². The van der Waals surface area contributed by atoms with Gasteiger partial charge in [0.15, 0.2) is 13.2 Å². The van der Waals surface area contributed by atoms with Crippen molar-refractivity contribution >= 4 is 22.8 Å². The minimum Gasteiger partial charge on any atom is -0.484 e. The summed E-state index contributed by atoms with van der Waals surface area (Å²) in [5.74, 6) is 1.31. The van der Waals surface area contributed by atoms with Crippen LogP contribution in [0.4, 0.5) is 0 Å². The molecule has 2 aromatic carbocycles. The highest BCUT2D eigenvalue weighted by atomic mass is 16.5. The third-order valence-corrected chi connectivity index (χ3v) is 5.00. The quantitative estimate of drug-likeness (QED) is 0.611. The first-order valence-electron chi connectivity index (χ1n) is 10.0. The minimum atomic E-state index is -0.465. The van der Waals surface area contributed by atoms with Crippen molar-refractivity contribution in [2.24, 2.45) is 0 Å². The average Bonchev–Trinajstić information content (AvgIpc) is 3.13. The van der Waals surface area contributed by atoms with Crippen molar-refractivity contribution in [3.8, 4) is 11.5 Å². The Morgan fingerprint density at radius 1 is 0.933 bits per heavy atom. The number of hydrogen-bond acceptors (Lipinski definition) is 5. The van der Waals surface area contributed by atoms with Crippen LogP contribution in [0.15, 0.2) is 46.9 Å². The van der Waals surface area contributed by atoms with Gasteiger partial charge in [0.25, 0.3) is 11.8 Å². The molecule has 156 valence electrons. The van der Waals surface area contributed by atoms with Crippen LogP contribution >= 0.6 is 0 Å². The molecule has 30 heavy (non-hydrogen) atoms. The molecular formula is C23H24N2O5. The molecule has 7 nitrogen and oxygen atoms in total. The Kier molecular flexibility index (Phi) is 5.88. The fraction of sp³-hybridized carbons (Fsp3) is 0.304. The normalized spacial score (nSPS) is 12.8. The van der Waals surface area contributed by atoms with Gasteiger partial charge in [0.05, 0.1) is 0 Å². The number of benzene rings is 2. The second-order valence-electron chi connectivity index (χ2n) is 7.36. The van der Waals surface area contributed by atoms with Crippen molar-refractivity contribution in [3.63, 3.8) is 0 Å². The molecule has 1 aliphatic rings. The lowest BCUT2D eigenvalue weighted by Gasteiger charge is -2.10. The average molecular weight is 408 g/mol. The Bertz CT molecular complexity index is 1070. The zero-order valence-corrected chi connectivity index (χ0v) is 16.8. The van der Waals surface area contributed by atoms with E-state index in [2.05, 4.69) is 10.9 Å². The van der Waals surface area contributed by atoms with Crippen LogP contribution in [-0.4, -0.2) is 25.0 Å². The number of carbonyl (C=O) groups is 2. The van der Waals surface area contributed by atoms with Gasteiger partial charge in [0, 0.05) is 17.4 Å². The SMILES string of the molecule is Cc1cccc(OCC(=O)NNC(=O)COc2ccc3oc4c(c3c2)CCCC4)c1. The molecule has 0 unspecified atom stereocenters. The maximum atomic E-state index is 12.0. The van der Waals surface area contributed by atoms with Gasteiger partial charge in [-0.15, -0.1) is 0 Å². The van der Waals surface area contributed by atoms with Crippen LogP contribution in [0, 0.1) is 6.92 Å². The van der Waals surface area contributed by atoms with Gasteiger partial charge in [-0.3, -0.25) is 20.4 Å². The monoisotopic (exact) mass is 408 g/mol. The first-order chi connectivity index (χ1) is 14.6. The molecule has 0 spiro atoms. The van der Waals surface area contributed by atoms with E-state index in [0.717, 1.165) is 48.0 Å². The molecule has 1 heterocycles. The van der Waals surface area contributed by atoms with E-state index >= 15 is 0 Å². The van der Waals surface area contributed by atoms with E-state index < -0.39 is 11.8 Å². The predicted octanol–water partition coefficient (Wildman–Crippen LogP) is 3.23. The number of carbonyl (C=O) groups excluding carboxylic acids is 2. The number of hydrazine groups is 1. The van der Waals surface area contributed by atoms with E-state index in [1.807, 2.05) is 37.3 Å². The molecule has 1 aromatic heterocycles. The first-order valence-corrected chi connectivity index (χ1v) is 10.0. The molecule has 1 aliphatic carbocycles. The summed E-state index contributed by atoms with van der Waals surface area (Å²) in [4.78, 5) is 23.8. The molecule has 3 aromatic rings. The van der Waals surface area contributed by atoms with Gasteiger partial charge in [-0.25, -0.2) is 0 Å². The minimum absolute atomic E-state index is 0.202. The van der Waals surface area contributed by atoms with Crippen LogP contribution in [0.25, 0.3) is 11.0 Å². The van der Waals surface area contributed by atoms with Gasteiger partial charge in [-0.2, -0.15) is 0 Å². The van der Waals surface area contributed by atoms with Crippen molar-refractivity contribution in [2.45, 2.75) is 32.6 Å². The van der Waals surface area contributed by atoms with Crippen molar-refractivity contribution in [2.75, 3.05) is 13.2 Å². The Morgan fingerprint density at radius 3 is 2.37 bits per heavy atom. The van der Waals surface area contributed by atoms with Crippen LogP contribution in [0.1, 0.15) is 29.7 Å². The molecule has 0 aliphatic heterocycles. The fourth-order valence-electron chi connectivity index (χ4n) is 3.55. The van der Waals surface area contributed by atoms with E-state index in [0.29, 0.717) is 11.5 Å². The topological polar surface area (TPSA) is 89.8 Å². The van der Waals surface area contributed by atoms with Gasteiger partial charge >= 0.3 is 0 Å². The molecule has 0 saturated heterocycles. The molecule has 0 fully saturated rings. The Balaban J connectivity index is 1.24. The number of aryl methyl sites for hydroxylation is 3. The highest BCUT2D eigenvalue weighted by molar-refractivity contribution is 5.85. The lowest BCUT2D eigenvalue weighted by Crippen LogP contribution is -2.45. The van der Waals surface area contributed by atoms with Gasteiger partial charge in [0.1, 0.15) is 22.8 Å². The zero-order chi connectivity index (χ0) is 20.9. The number of ether oxygens (including phenoxy) is 2. The molecule has 0 radical (unpaired) electrons. The van der Waals surface area contributed by atoms with Crippen molar-refractivity contribution < 1.29 is 23.5 Å². The van der Waals surface area contributed by atoms with Crippen LogP contribution in [0.2, 0.25) is 0 Å². The third-order valence-electron chi connectivity index (χ3n) is 5.00. The summed E-state index contributed by atoms with van der Waals surface area (Å²) in [6, 6.07) is 12.9. The standard InChI is InChI=1S/C23H24N2O5/c1-15-5-4-6-16(11-15)28-13-22(26)24-25-23(27)14-29-17-9-10-21-19(12-17)18-7-2-3-8-20(18)30-21/h4-6,9-12H,2-3,7-8,13-14H2,1H3,(H,24,26)(H,25,27). The summed E-state index contributed by atoms with van der Waals surface area (Å²) < 4.78 is 16.9. The third kappa shape index (κ3) is 4.74. The molecule has 4 rings (SSSR count). The van der Waals surface area contributed by atoms with Gasteiger partial charge in [-0.1, -0.05) is 12.1 Å². The summed E-state index contributed by atoms with van der Waals surface area (Å²) in [7, 11) is 0. The maximum Gasteiger partial charge on any atom is 0.276 e. The molecule has 7 heteroatoms. The molecule has 0 atom stereocenters. The van der Waals surface area contributed by atoms with E-state index in [1.165, 1.54) is 5.56 Å². The second-order valence-corrected chi connectivity index (χ2v) is 7.36. The van der Waals surface area contributed by atoms with Gasteiger partial charge in [0.2, 0.25) is 0 Å². The molecule has 2 N–H and O–H groups in total. The summed E-state index contributed by atoms with van der Waals surface area (Å²) in [5.41, 5.74) is 7.76. The van der Waals surface area contributed by atoms with Crippen LogP contribution in [-0.2, 0) is 22.4 Å². The molecule has 0 bridgehead atoms. The Morgan fingerprint density at radius 2 is 1.63 bits per heavy atom. The zero-order valence-electron chi connectivity index (χ0n) is 16.8. The predicted molar refractivity (Wildman–Crippen MR) is 111 cm³/mol. The second kappa shape index (κ2) is 8.90. The maximum absolute atomic E-state index is 12.0. The molecule has 2 amide bonds. The summed E-state index contributed by atoms with van der Waals surface area (Å²) >= 11 is 0. The Labute approximate surface area is 174 Å². The largest absolute Gasteiger partial charge is 0.484 e. The van der Waals surface area contributed by atoms with E-state index in [1.54, 1.807) is 12.1 Å². The van der Waals surface area contributed by atoms with Crippen molar-refractivity contribution in [3.05, 3.63) is 59.4 Å². The first kappa shape index (κ1) is 19.8. The number of rotatable bonds is 6. The van der Waals surface area contributed by atoms with E-state index in [9.17, 15) is 9.59 Å². The van der Waals surface area contributed by atoms with Crippen molar-refractivity contribution in [1.29, 1.82) is 0 Å². The number of fused-ring (bicyclic) bond motifs is 3. The van der Waals surface area contributed by atoms with Gasteiger partial charge in [-0.05, 0) is 62.1 Å². The molecule has 0 saturated carbocycles. The highest BCUT2D eigenvalue weighted by Crippen LogP contribution is 2.33. The lowest BCUT2D eigenvalue weighted by atomic mass is 9.96. The fourth-order valence-corrected chi connectivity index (χ4v) is 3.55. The van der Waals surface area contributed by atoms with Crippen molar-refractivity contribution in [1.82, 2.24) is 10.9 Å². The van der Waals surface area contributed by atoms with E-state index in [4.69, 9.17) is 13.9 Å².